The molecule has 20 heavy (non-hydrogen) atoms. The van der Waals surface area contributed by atoms with Gasteiger partial charge in [0.05, 0.1) is 11.3 Å². The largest absolute Gasteiger partial charge is 0.406 e. The molecule has 0 spiro atoms. The molecule has 0 amide bonds. The molecule has 0 aliphatic rings. The molecule has 0 atom stereocenters. The molecule has 0 aliphatic heterocycles. The van der Waals surface area contributed by atoms with Crippen molar-refractivity contribution in [3.8, 4) is 6.07 Å². The van der Waals surface area contributed by atoms with E-state index in [2.05, 4.69) is 9.97 Å². The fourth-order valence-electron chi connectivity index (χ4n) is 1.60. The number of pyridine rings is 1. The second kappa shape index (κ2) is 5.57. The van der Waals surface area contributed by atoms with Crippen LogP contribution in [0.4, 0.5) is 13.2 Å². The first kappa shape index (κ1) is 13.8. The quantitative estimate of drug-likeness (QED) is 0.811. The Morgan fingerprint density at radius 3 is 2.70 bits per heavy atom. The molecule has 0 saturated heterocycles. The van der Waals surface area contributed by atoms with E-state index in [1.165, 1.54) is 24.7 Å². The minimum atomic E-state index is -4.35. The van der Waals surface area contributed by atoms with E-state index in [1.54, 1.807) is 18.2 Å². The highest BCUT2D eigenvalue weighted by Crippen LogP contribution is 2.20. The predicted octanol–water partition coefficient (Wildman–Crippen LogP) is 2.90. The van der Waals surface area contributed by atoms with Crippen molar-refractivity contribution in [1.29, 1.82) is 5.26 Å². The van der Waals surface area contributed by atoms with Crippen molar-refractivity contribution in [3.05, 3.63) is 48.3 Å². The molecule has 2 aromatic rings. The zero-order valence-electron chi connectivity index (χ0n) is 10.2. The second-order valence-electron chi connectivity index (χ2n) is 3.91. The topological polar surface area (TPSA) is 54.5 Å². The van der Waals surface area contributed by atoms with Crippen molar-refractivity contribution in [3.63, 3.8) is 0 Å². The van der Waals surface area contributed by atoms with Gasteiger partial charge in [-0.25, -0.2) is 4.98 Å². The average Bonchev–Trinajstić information content (AvgIpc) is 2.82. The molecule has 0 saturated carbocycles. The van der Waals surface area contributed by atoms with Gasteiger partial charge < -0.3 is 4.57 Å². The number of nitrogens with zero attached hydrogens (tertiary/aromatic N) is 4. The third kappa shape index (κ3) is 3.45. The van der Waals surface area contributed by atoms with Crippen molar-refractivity contribution < 1.29 is 13.2 Å². The lowest BCUT2D eigenvalue weighted by atomic mass is 10.2. The highest BCUT2D eigenvalue weighted by atomic mass is 19.4. The lowest BCUT2D eigenvalue weighted by molar-refractivity contribution is -0.140. The molecule has 0 unspecified atom stereocenters. The summed E-state index contributed by atoms with van der Waals surface area (Å²) in [6.45, 7) is -1.15. The minimum absolute atomic E-state index is 0.0597. The summed E-state index contributed by atoms with van der Waals surface area (Å²) in [6.07, 6.45) is 0.912. The summed E-state index contributed by atoms with van der Waals surface area (Å²) >= 11 is 0. The van der Waals surface area contributed by atoms with Gasteiger partial charge in [-0.05, 0) is 12.1 Å². The Bertz CT molecular complexity index is 650. The van der Waals surface area contributed by atoms with E-state index in [9.17, 15) is 13.2 Å². The van der Waals surface area contributed by atoms with E-state index in [0.717, 1.165) is 4.57 Å². The lowest BCUT2D eigenvalue weighted by Gasteiger charge is -2.08. The molecule has 0 aromatic carbocycles. The summed E-state index contributed by atoms with van der Waals surface area (Å²) in [5.74, 6) is 0.0597. The van der Waals surface area contributed by atoms with Gasteiger partial charge in [0.25, 0.3) is 0 Å². The molecule has 2 aromatic heterocycles. The smallest absolute Gasteiger partial charge is 0.322 e. The van der Waals surface area contributed by atoms with Gasteiger partial charge in [-0.2, -0.15) is 18.4 Å². The lowest BCUT2D eigenvalue weighted by Crippen LogP contribution is -2.18. The van der Waals surface area contributed by atoms with Crippen LogP contribution in [0.1, 0.15) is 11.5 Å². The Balaban J connectivity index is 2.35. The van der Waals surface area contributed by atoms with E-state index in [-0.39, 0.29) is 11.4 Å². The van der Waals surface area contributed by atoms with Crippen LogP contribution in [-0.2, 0) is 6.54 Å². The number of alkyl halides is 3. The fourth-order valence-corrected chi connectivity index (χ4v) is 1.60. The minimum Gasteiger partial charge on any atom is -0.322 e. The van der Waals surface area contributed by atoms with Gasteiger partial charge in [-0.15, -0.1) is 0 Å². The molecule has 0 N–H and O–H groups in total. The van der Waals surface area contributed by atoms with Crippen LogP contribution in [-0.4, -0.2) is 20.7 Å². The Morgan fingerprint density at radius 2 is 2.10 bits per heavy atom. The molecule has 0 bridgehead atoms. The van der Waals surface area contributed by atoms with Crippen LogP contribution >= 0.6 is 0 Å². The molecule has 4 nitrogen and oxygen atoms in total. The number of hydrogen-bond donors (Lipinski definition) is 0. The van der Waals surface area contributed by atoms with Crippen LogP contribution in [0.25, 0.3) is 11.6 Å². The number of hydrogen-bond acceptors (Lipinski definition) is 3. The van der Waals surface area contributed by atoms with Gasteiger partial charge in [0.2, 0.25) is 0 Å². The molecule has 7 heteroatoms. The van der Waals surface area contributed by atoms with Crippen molar-refractivity contribution >= 4 is 11.6 Å². The molecular formula is C13H9F3N4. The predicted molar refractivity (Wildman–Crippen MR) is 66.0 cm³/mol. The number of allylic oxidation sites excluding steroid dienone is 1. The Kier molecular flexibility index (Phi) is 3.84. The second-order valence-corrected chi connectivity index (χ2v) is 3.91. The van der Waals surface area contributed by atoms with Crippen molar-refractivity contribution in [2.45, 2.75) is 12.7 Å². The number of aromatic nitrogens is 3. The molecule has 2 heterocycles. The van der Waals surface area contributed by atoms with Crippen LogP contribution in [0.3, 0.4) is 0 Å². The van der Waals surface area contributed by atoms with Gasteiger partial charge in [-0.3, -0.25) is 4.98 Å². The number of imidazole rings is 1. The van der Waals surface area contributed by atoms with Gasteiger partial charge in [0.15, 0.2) is 0 Å². The molecule has 2 rings (SSSR count). The van der Waals surface area contributed by atoms with Crippen LogP contribution in [0, 0.1) is 11.3 Å². The summed E-state index contributed by atoms with van der Waals surface area (Å²) in [7, 11) is 0. The third-order valence-corrected chi connectivity index (χ3v) is 2.43. The fraction of sp³-hybridized carbons (Fsp3) is 0.154. The van der Waals surface area contributed by atoms with E-state index >= 15 is 0 Å². The molecule has 0 fully saturated rings. The zero-order valence-corrected chi connectivity index (χ0v) is 10.2. The Labute approximate surface area is 112 Å². The molecule has 102 valence electrons. The van der Waals surface area contributed by atoms with Crippen molar-refractivity contribution in [2.75, 3.05) is 0 Å². The van der Waals surface area contributed by atoms with Gasteiger partial charge in [0.1, 0.15) is 18.4 Å². The summed E-state index contributed by atoms with van der Waals surface area (Å²) in [5, 5.41) is 9.08. The van der Waals surface area contributed by atoms with Crippen molar-refractivity contribution in [2.24, 2.45) is 0 Å². The van der Waals surface area contributed by atoms with Crippen LogP contribution in [0.2, 0.25) is 0 Å². The zero-order chi connectivity index (χ0) is 14.6. The van der Waals surface area contributed by atoms with E-state index in [0.29, 0.717) is 5.69 Å². The Hall–Kier alpha value is -2.62. The third-order valence-electron chi connectivity index (χ3n) is 2.43. The van der Waals surface area contributed by atoms with Crippen LogP contribution in [0.15, 0.2) is 36.8 Å². The Morgan fingerprint density at radius 1 is 1.30 bits per heavy atom. The summed E-state index contributed by atoms with van der Waals surface area (Å²) in [6, 6.07) is 6.89. The van der Waals surface area contributed by atoms with Gasteiger partial charge >= 0.3 is 6.18 Å². The maximum Gasteiger partial charge on any atom is 0.406 e. The van der Waals surface area contributed by atoms with E-state index < -0.39 is 12.7 Å². The molecular weight excluding hydrogens is 269 g/mol. The summed E-state index contributed by atoms with van der Waals surface area (Å²) in [5.41, 5.74) is 0.539. The standard InChI is InChI=1S/C13H9F3N4/c14-13(15,16)9-20-6-5-19-12(20)7-10(8-17)11-3-1-2-4-18-11/h1-7H,9H2. The van der Waals surface area contributed by atoms with Crippen LogP contribution < -0.4 is 0 Å². The first-order valence-corrected chi connectivity index (χ1v) is 5.61. The normalized spacial score (nSPS) is 12.2. The van der Waals surface area contributed by atoms with E-state index in [4.69, 9.17) is 5.26 Å². The first-order chi connectivity index (χ1) is 9.49. The molecule has 0 aliphatic carbocycles. The van der Waals surface area contributed by atoms with Gasteiger partial charge in [-0.1, -0.05) is 6.07 Å². The van der Waals surface area contributed by atoms with Crippen molar-refractivity contribution in [1.82, 2.24) is 14.5 Å². The average molecular weight is 278 g/mol. The summed E-state index contributed by atoms with van der Waals surface area (Å²) < 4.78 is 38.1. The maximum absolute atomic E-state index is 12.4. The maximum atomic E-state index is 12.4. The molecule has 0 radical (unpaired) electrons. The summed E-state index contributed by atoms with van der Waals surface area (Å²) in [4.78, 5) is 7.81. The number of halogens is 3. The number of nitriles is 1. The first-order valence-electron chi connectivity index (χ1n) is 5.61. The monoisotopic (exact) mass is 278 g/mol. The highest BCUT2D eigenvalue weighted by Gasteiger charge is 2.28. The van der Waals surface area contributed by atoms with E-state index in [1.807, 2.05) is 6.07 Å². The van der Waals surface area contributed by atoms with Gasteiger partial charge in [0, 0.05) is 24.7 Å². The highest BCUT2D eigenvalue weighted by molar-refractivity contribution is 5.86. The SMILES string of the molecule is N#CC(=Cc1nccn1CC(F)(F)F)c1ccccn1. The number of rotatable bonds is 3. The van der Waals surface area contributed by atoms with Crippen LogP contribution in [0.5, 0.6) is 0 Å².